The van der Waals surface area contributed by atoms with E-state index in [-0.39, 0.29) is 6.54 Å². The van der Waals surface area contributed by atoms with Gasteiger partial charge in [0, 0.05) is 0 Å². The molecule has 3 nitrogen and oxygen atoms in total. The Labute approximate surface area is 52.8 Å². The Morgan fingerprint density at radius 1 is 1.78 bits per heavy atom. The molecule has 1 aromatic heterocycles. The smallest absolute Gasteiger partial charge is 0.210 e. The van der Waals surface area contributed by atoms with Crippen molar-refractivity contribution in [2.75, 3.05) is 0 Å². The lowest BCUT2D eigenvalue weighted by atomic mass is 10.5. The highest BCUT2D eigenvalue weighted by Crippen LogP contribution is 1.99. The SMILES string of the molecule is C=[N+]([O-])Cc1ccco1. The monoisotopic (exact) mass is 125 g/mol. The lowest BCUT2D eigenvalue weighted by Gasteiger charge is -1.95. The molecule has 0 spiro atoms. The van der Waals surface area contributed by atoms with Crippen LogP contribution in [0.4, 0.5) is 0 Å². The van der Waals surface area contributed by atoms with Crippen molar-refractivity contribution in [3.8, 4) is 0 Å². The fourth-order valence-electron chi connectivity index (χ4n) is 0.576. The molecule has 0 saturated heterocycles. The number of rotatable bonds is 2. The third-order valence-electron chi connectivity index (χ3n) is 0.912. The molecule has 0 fully saturated rings. The van der Waals surface area contributed by atoms with E-state index in [2.05, 4.69) is 6.72 Å². The van der Waals surface area contributed by atoms with E-state index in [4.69, 9.17) is 4.42 Å². The van der Waals surface area contributed by atoms with Gasteiger partial charge in [-0.05, 0) is 12.1 Å². The van der Waals surface area contributed by atoms with E-state index in [1.807, 2.05) is 0 Å². The van der Waals surface area contributed by atoms with E-state index < -0.39 is 0 Å². The molecule has 0 amide bonds. The summed E-state index contributed by atoms with van der Waals surface area (Å²) in [7, 11) is 0. The molecule has 48 valence electrons. The van der Waals surface area contributed by atoms with Crippen LogP contribution in [0.1, 0.15) is 5.76 Å². The second-order valence-electron chi connectivity index (χ2n) is 1.72. The van der Waals surface area contributed by atoms with Crippen LogP contribution in [0, 0.1) is 5.21 Å². The van der Waals surface area contributed by atoms with Crippen molar-refractivity contribution >= 4 is 6.72 Å². The van der Waals surface area contributed by atoms with Crippen molar-refractivity contribution in [3.05, 3.63) is 29.4 Å². The molecule has 0 N–H and O–H groups in total. The van der Waals surface area contributed by atoms with Crippen LogP contribution >= 0.6 is 0 Å². The lowest BCUT2D eigenvalue weighted by molar-refractivity contribution is -0.468. The van der Waals surface area contributed by atoms with Crippen LogP contribution in [0.3, 0.4) is 0 Å². The topological polar surface area (TPSA) is 39.2 Å². The first-order valence-corrected chi connectivity index (χ1v) is 2.56. The van der Waals surface area contributed by atoms with Gasteiger partial charge in [0.1, 0.15) is 6.72 Å². The summed E-state index contributed by atoms with van der Waals surface area (Å²) in [6.45, 7) is 3.35. The Morgan fingerprint density at radius 2 is 2.56 bits per heavy atom. The molecule has 1 aromatic rings. The molecular formula is C6H7NO2. The number of furan rings is 1. The predicted molar refractivity (Wildman–Crippen MR) is 33.2 cm³/mol. The van der Waals surface area contributed by atoms with E-state index in [1.54, 1.807) is 12.1 Å². The Hall–Kier alpha value is -1.25. The standard InChI is InChI=1S/C6H7NO2/c1-7(8)5-6-3-2-4-9-6/h2-4H,1,5H2. The van der Waals surface area contributed by atoms with E-state index in [0.29, 0.717) is 10.5 Å². The van der Waals surface area contributed by atoms with Gasteiger partial charge in [0.25, 0.3) is 0 Å². The van der Waals surface area contributed by atoms with Gasteiger partial charge in [-0.1, -0.05) is 0 Å². The zero-order valence-electron chi connectivity index (χ0n) is 4.91. The highest BCUT2D eigenvalue weighted by atomic mass is 16.5. The van der Waals surface area contributed by atoms with Crippen LogP contribution in [0.5, 0.6) is 0 Å². The molecule has 3 heteroatoms. The van der Waals surface area contributed by atoms with Crippen molar-refractivity contribution in [2.45, 2.75) is 6.54 Å². The Morgan fingerprint density at radius 3 is 3.00 bits per heavy atom. The average Bonchev–Trinajstić information content (AvgIpc) is 2.15. The number of nitrogens with zero attached hydrogens (tertiary/aromatic N) is 1. The predicted octanol–water partition coefficient (Wildman–Crippen LogP) is 0.990. The highest BCUT2D eigenvalue weighted by Gasteiger charge is 1.96. The van der Waals surface area contributed by atoms with E-state index in [9.17, 15) is 5.21 Å². The first kappa shape index (κ1) is 5.88. The second kappa shape index (κ2) is 2.35. The first-order chi connectivity index (χ1) is 4.29. The van der Waals surface area contributed by atoms with Gasteiger partial charge in [-0.15, -0.1) is 0 Å². The summed E-state index contributed by atoms with van der Waals surface area (Å²) >= 11 is 0. The van der Waals surface area contributed by atoms with E-state index in [0.717, 1.165) is 0 Å². The summed E-state index contributed by atoms with van der Waals surface area (Å²) in [6, 6.07) is 3.47. The largest absolute Gasteiger partial charge is 0.624 e. The summed E-state index contributed by atoms with van der Waals surface area (Å²) in [5.41, 5.74) is 0. The maximum absolute atomic E-state index is 10.3. The van der Waals surface area contributed by atoms with Gasteiger partial charge < -0.3 is 9.62 Å². The molecule has 0 aliphatic rings. The second-order valence-corrected chi connectivity index (χ2v) is 1.72. The first-order valence-electron chi connectivity index (χ1n) is 2.56. The minimum atomic E-state index is 0.215. The summed E-state index contributed by atoms with van der Waals surface area (Å²) in [6.07, 6.45) is 1.53. The molecule has 0 aliphatic heterocycles. The molecule has 0 aliphatic carbocycles. The van der Waals surface area contributed by atoms with E-state index in [1.165, 1.54) is 6.26 Å². The zero-order chi connectivity index (χ0) is 6.69. The molecule has 0 unspecified atom stereocenters. The molecule has 1 rings (SSSR count). The minimum Gasteiger partial charge on any atom is -0.624 e. The number of hydrogen-bond acceptors (Lipinski definition) is 2. The van der Waals surface area contributed by atoms with Crippen LogP contribution < -0.4 is 0 Å². The van der Waals surface area contributed by atoms with Crippen LogP contribution in [0.2, 0.25) is 0 Å². The van der Waals surface area contributed by atoms with Crippen LogP contribution in [-0.2, 0) is 6.54 Å². The van der Waals surface area contributed by atoms with Crippen molar-refractivity contribution in [2.24, 2.45) is 0 Å². The van der Waals surface area contributed by atoms with Gasteiger partial charge in [-0.25, -0.2) is 4.74 Å². The third kappa shape index (κ3) is 1.60. The highest BCUT2D eigenvalue weighted by molar-refractivity contribution is 5.15. The zero-order valence-corrected chi connectivity index (χ0v) is 4.91. The van der Waals surface area contributed by atoms with Crippen molar-refractivity contribution in [3.63, 3.8) is 0 Å². The summed E-state index contributed by atoms with van der Waals surface area (Å²) in [4.78, 5) is 0. The van der Waals surface area contributed by atoms with Gasteiger partial charge in [-0.3, -0.25) is 0 Å². The van der Waals surface area contributed by atoms with Gasteiger partial charge in [0.05, 0.1) is 6.26 Å². The van der Waals surface area contributed by atoms with Crippen LogP contribution in [-0.4, -0.2) is 11.5 Å². The quantitative estimate of drug-likeness (QED) is 0.256. The molecule has 0 radical (unpaired) electrons. The fraction of sp³-hybridized carbons (Fsp3) is 0.167. The molecule has 1 heterocycles. The lowest BCUT2D eigenvalue weighted by Crippen LogP contribution is -1.97. The van der Waals surface area contributed by atoms with Crippen molar-refractivity contribution in [1.29, 1.82) is 0 Å². The Bertz CT molecular complexity index is 191. The molecule has 0 saturated carbocycles. The normalized spacial score (nSPS) is 9.33. The summed E-state index contributed by atoms with van der Waals surface area (Å²) in [5, 5.41) is 10.3. The average molecular weight is 125 g/mol. The maximum atomic E-state index is 10.3. The van der Waals surface area contributed by atoms with Gasteiger partial charge in [0.15, 0.2) is 5.76 Å². The van der Waals surface area contributed by atoms with Gasteiger partial charge in [0.2, 0.25) is 6.54 Å². The van der Waals surface area contributed by atoms with Gasteiger partial charge >= 0.3 is 0 Å². The Balaban J connectivity index is 2.58. The van der Waals surface area contributed by atoms with E-state index >= 15 is 0 Å². The fourth-order valence-corrected chi connectivity index (χ4v) is 0.576. The molecule has 9 heavy (non-hydrogen) atoms. The molecular weight excluding hydrogens is 118 g/mol. The van der Waals surface area contributed by atoms with Crippen LogP contribution in [0.15, 0.2) is 22.8 Å². The number of hydrogen-bond donors (Lipinski definition) is 0. The van der Waals surface area contributed by atoms with Gasteiger partial charge in [-0.2, -0.15) is 0 Å². The van der Waals surface area contributed by atoms with Crippen molar-refractivity contribution < 1.29 is 9.16 Å². The minimum absolute atomic E-state index is 0.215. The van der Waals surface area contributed by atoms with Crippen molar-refractivity contribution in [1.82, 2.24) is 0 Å². The maximum Gasteiger partial charge on any atom is 0.210 e. The molecule has 0 atom stereocenters. The third-order valence-corrected chi connectivity index (χ3v) is 0.912. The number of hydroxylamine groups is 1. The van der Waals surface area contributed by atoms with Crippen LogP contribution in [0.25, 0.3) is 0 Å². The molecule has 0 aromatic carbocycles. The summed E-state index contributed by atoms with van der Waals surface area (Å²) in [5.74, 6) is 0.639. The molecule has 0 bridgehead atoms. The summed E-state index contributed by atoms with van der Waals surface area (Å²) < 4.78 is 5.43. The Kier molecular flexibility index (Phi) is 1.53.